The third-order valence-electron chi connectivity index (χ3n) is 2.52. The smallest absolute Gasteiger partial charge is 0.258 e. The van der Waals surface area contributed by atoms with Crippen LogP contribution < -0.4 is 15.4 Å². The Bertz CT molecular complexity index is 465. The van der Waals surface area contributed by atoms with Crippen molar-refractivity contribution in [1.82, 2.24) is 10.6 Å². The first-order valence-electron chi connectivity index (χ1n) is 6.49. The SMILES string of the molecule is CCCNC(=O)[C@H](C)NC(=O)COc1ccccc1Cl. The summed E-state index contributed by atoms with van der Waals surface area (Å²) in [7, 11) is 0. The lowest BCUT2D eigenvalue weighted by atomic mass is 10.3. The van der Waals surface area contributed by atoms with E-state index >= 15 is 0 Å². The summed E-state index contributed by atoms with van der Waals surface area (Å²) in [5.41, 5.74) is 0. The quantitative estimate of drug-likeness (QED) is 0.806. The van der Waals surface area contributed by atoms with Crippen molar-refractivity contribution in [3.8, 4) is 5.75 Å². The minimum Gasteiger partial charge on any atom is -0.482 e. The lowest BCUT2D eigenvalue weighted by Crippen LogP contribution is -2.46. The third kappa shape index (κ3) is 5.48. The molecule has 0 aliphatic rings. The van der Waals surface area contributed by atoms with E-state index in [4.69, 9.17) is 16.3 Å². The highest BCUT2D eigenvalue weighted by atomic mass is 35.5. The van der Waals surface area contributed by atoms with E-state index in [1.54, 1.807) is 31.2 Å². The molecular weight excluding hydrogens is 280 g/mol. The molecule has 1 atom stereocenters. The third-order valence-corrected chi connectivity index (χ3v) is 2.83. The lowest BCUT2D eigenvalue weighted by molar-refractivity contribution is -0.129. The Kier molecular flexibility index (Phi) is 6.87. The van der Waals surface area contributed by atoms with Gasteiger partial charge in [0.2, 0.25) is 5.91 Å². The maximum atomic E-state index is 11.7. The fourth-order valence-corrected chi connectivity index (χ4v) is 1.65. The number of nitrogens with one attached hydrogen (secondary N) is 2. The van der Waals surface area contributed by atoms with Gasteiger partial charge in [-0.2, -0.15) is 0 Å². The molecule has 0 spiro atoms. The highest BCUT2D eigenvalue weighted by Crippen LogP contribution is 2.22. The summed E-state index contributed by atoms with van der Waals surface area (Å²) < 4.78 is 5.28. The molecule has 0 heterocycles. The maximum absolute atomic E-state index is 11.7. The summed E-state index contributed by atoms with van der Waals surface area (Å²) in [6.07, 6.45) is 0.849. The maximum Gasteiger partial charge on any atom is 0.258 e. The van der Waals surface area contributed by atoms with E-state index in [9.17, 15) is 9.59 Å². The van der Waals surface area contributed by atoms with Crippen molar-refractivity contribution in [1.29, 1.82) is 0 Å². The average molecular weight is 299 g/mol. The van der Waals surface area contributed by atoms with Gasteiger partial charge in [0, 0.05) is 6.54 Å². The van der Waals surface area contributed by atoms with E-state index in [0.717, 1.165) is 6.42 Å². The van der Waals surface area contributed by atoms with E-state index in [0.29, 0.717) is 17.3 Å². The van der Waals surface area contributed by atoms with Gasteiger partial charge in [0.05, 0.1) is 5.02 Å². The first-order valence-corrected chi connectivity index (χ1v) is 6.86. The van der Waals surface area contributed by atoms with Crippen LogP contribution in [0.1, 0.15) is 20.3 Å². The Hall–Kier alpha value is -1.75. The number of carbonyl (C=O) groups is 2. The molecule has 110 valence electrons. The van der Waals surface area contributed by atoms with Gasteiger partial charge < -0.3 is 15.4 Å². The van der Waals surface area contributed by atoms with Crippen LogP contribution in [0.5, 0.6) is 5.75 Å². The molecule has 5 nitrogen and oxygen atoms in total. The van der Waals surface area contributed by atoms with E-state index in [2.05, 4.69) is 10.6 Å². The van der Waals surface area contributed by atoms with Crippen LogP contribution in [0.15, 0.2) is 24.3 Å². The molecule has 0 unspecified atom stereocenters. The molecule has 0 bridgehead atoms. The van der Waals surface area contributed by atoms with Gasteiger partial charge in [-0.1, -0.05) is 30.7 Å². The number of rotatable bonds is 7. The predicted octanol–water partition coefficient (Wildman–Crippen LogP) is 1.75. The Morgan fingerprint density at radius 2 is 2.05 bits per heavy atom. The topological polar surface area (TPSA) is 67.4 Å². The average Bonchev–Trinajstić information content (AvgIpc) is 2.43. The van der Waals surface area contributed by atoms with Crippen molar-refractivity contribution in [2.24, 2.45) is 0 Å². The molecule has 6 heteroatoms. The van der Waals surface area contributed by atoms with Crippen molar-refractivity contribution >= 4 is 23.4 Å². The van der Waals surface area contributed by atoms with Crippen LogP contribution in [0, 0.1) is 0 Å². The number of hydrogen-bond donors (Lipinski definition) is 2. The molecule has 2 N–H and O–H groups in total. The number of amides is 2. The number of para-hydroxylation sites is 1. The molecule has 0 saturated heterocycles. The van der Waals surface area contributed by atoms with E-state index in [-0.39, 0.29) is 18.4 Å². The largest absolute Gasteiger partial charge is 0.482 e. The Morgan fingerprint density at radius 3 is 2.70 bits per heavy atom. The molecule has 0 saturated carbocycles. The second kappa shape index (κ2) is 8.43. The zero-order chi connectivity index (χ0) is 15.0. The second-order valence-electron chi connectivity index (χ2n) is 4.30. The normalized spacial score (nSPS) is 11.6. The fourth-order valence-electron chi connectivity index (χ4n) is 1.46. The predicted molar refractivity (Wildman–Crippen MR) is 77.9 cm³/mol. The molecule has 0 aromatic heterocycles. The Morgan fingerprint density at radius 1 is 1.35 bits per heavy atom. The number of carbonyl (C=O) groups excluding carboxylic acids is 2. The van der Waals surface area contributed by atoms with Crippen molar-refractivity contribution < 1.29 is 14.3 Å². The number of ether oxygens (including phenoxy) is 1. The summed E-state index contributed by atoms with van der Waals surface area (Å²) >= 11 is 5.90. The summed E-state index contributed by atoms with van der Waals surface area (Å²) in [5.74, 6) is -0.144. The highest BCUT2D eigenvalue weighted by Gasteiger charge is 2.15. The molecular formula is C14H19ClN2O3. The number of hydrogen-bond acceptors (Lipinski definition) is 3. The van der Waals surface area contributed by atoms with Crippen LogP contribution in [0.4, 0.5) is 0 Å². The van der Waals surface area contributed by atoms with Gasteiger partial charge in [0.1, 0.15) is 11.8 Å². The molecule has 20 heavy (non-hydrogen) atoms. The van der Waals surface area contributed by atoms with Gasteiger partial charge in [0.15, 0.2) is 6.61 Å². The lowest BCUT2D eigenvalue weighted by Gasteiger charge is -2.14. The minimum absolute atomic E-state index is 0.185. The number of halogens is 1. The van der Waals surface area contributed by atoms with Crippen LogP contribution >= 0.6 is 11.6 Å². The molecule has 0 aliphatic carbocycles. The van der Waals surface area contributed by atoms with E-state index in [1.165, 1.54) is 0 Å². The van der Waals surface area contributed by atoms with Crippen molar-refractivity contribution in [2.75, 3.05) is 13.2 Å². The molecule has 0 fully saturated rings. The monoisotopic (exact) mass is 298 g/mol. The molecule has 1 aromatic rings. The fraction of sp³-hybridized carbons (Fsp3) is 0.429. The summed E-state index contributed by atoms with van der Waals surface area (Å²) in [5, 5.41) is 5.70. The summed E-state index contributed by atoms with van der Waals surface area (Å²) in [6.45, 7) is 3.99. The minimum atomic E-state index is -0.594. The molecule has 0 radical (unpaired) electrons. The second-order valence-corrected chi connectivity index (χ2v) is 4.71. The summed E-state index contributed by atoms with van der Waals surface area (Å²) in [4.78, 5) is 23.2. The van der Waals surface area contributed by atoms with Crippen molar-refractivity contribution in [2.45, 2.75) is 26.3 Å². The Labute approximate surface area is 123 Å². The Balaban J connectivity index is 2.37. The first-order chi connectivity index (χ1) is 9.54. The molecule has 0 aliphatic heterocycles. The summed E-state index contributed by atoms with van der Waals surface area (Å²) in [6, 6.07) is 6.29. The van der Waals surface area contributed by atoms with Crippen LogP contribution in [0.25, 0.3) is 0 Å². The van der Waals surface area contributed by atoms with Crippen LogP contribution in [-0.2, 0) is 9.59 Å². The van der Waals surface area contributed by atoms with Gasteiger partial charge in [-0.3, -0.25) is 9.59 Å². The number of benzene rings is 1. The van der Waals surface area contributed by atoms with E-state index < -0.39 is 6.04 Å². The molecule has 1 rings (SSSR count). The van der Waals surface area contributed by atoms with Gasteiger partial charge in [-0.25, -0.2) is 0 Å². The molecule has 2 amide bonds. The molecule has 1 aromatic carbocycles. The van der Waals surface area contributed by atoms with Gasteiger partial charge in [-0.05, 0) is 25.5 Å². The standard InChI is InChI=1S/C14H19ClN2O3/c1-3-8-16-14(19)10(2)17-13(18)9-20-12-7-5-4-6-11(12)15/h4-7,10H,3,8-9H2,1-2H3,(H,16,19)(H,17,18)/t10-/m0/s1. The van der Waals surface area contributed by atoms with Crippen LogP contribution in [-0.4, -0.2) is 31.0 Å². The van der Waals surface area contributed by atoms with Crippen LogP contribution in [0.3, 0.4) is 0 Å². The van der Waals surface area contributed by atoms with Crippen LogP contribution in [0.2, 0.25) is 5.02 Å². The van der Waals surface area contributed by atoms with Gasteiger partial charge >= 0.3 is 0 Å². The van der Waals surface area contributed by atoms with Crippen molar-refractivity contribution in [3.63, 3.8) is 0 Å². The first kappa shape index (κ1) is 16.3. The van der Waals surface area contributed by atoms with Crippen molar-refractivity contribution in [3.05, 3.63) is 29.3 Å². The van der Waals surface area contributed by atoms with E-state index in [1.807, 2.05) is 6.92 Å². The highest BCUT2D eigenvalue weighted by molar-refractivity contribution is 6.32. The zero-order valence-corrected chi connectivity index (χ0v) is 12.4. The zero-order valence-electron chi connectivity index (χ0n) is 11.6. The van der Waals surface area contributed by atoms with Gasteiger partial charge in [-0.15, -0.1) is 0 Å². The van der Waals surface area contributed by atoms with Gasteiger partial charge in [0.25, 0.3) is 5.91 Å².